The van der Waals surface area contributed by atoms with E-state index in [1.54, 1.807) is 37.7 Å². The van der Waals surface area contributed by atoms with Crippen LogP contribution in [0.1, 0.15) is 0 Å². The van der Waals surface area contributed by atoms with Gasteiger partial charge in [0.15, 0.2) is 5.75 Å². The Hall–Kier alpha value is -4.55. The van der Waals surface area contributed by atoms with Crippen LogP contribution in [0.2, 0.25) is 0 Å². The first-order valence-corrected chi connectivity index (χ1v) is 12.5. The number of methoxy groups -OCH3 is 2. The normalized spacial score (nSPS) is 10.6. The van der Waals surface area contributed by atoms with Gasteiger partial charge in [0.2, 0.25) is 5.43 Å². The van der Waals surface area contributed by atoms with Crippen LogP contribution >= 0.6 is 11.3 Å². The minimum absolute atomic E-state index is 0.253. The van der Waals surface area contributed by atoms with Crippen molar-refractivity contribution in [3.05, 3.63) is 119 Å². The van der Waals surface area contributed by atoms with Crippen LogP contribution in [0.5, 0.6) is 17.2 Å². The van der Waals surface area contributed by atoms with E-state index < -0.39 is 5.43 Å². The van der Waals surface area contributed by atoms with Gasteiger partial charge >= 0.3 is 0 Å². The number of rotatable bonds is 7. The molecule has 0 aliphatic carbocycles. The highest BCUT2D eigenvalue weighted by molar-refractivity contribution is 7.18. The molecule has 0 fully saturated rings. The first kappa shape index (κ1) is 24.2. The number of hydrogen-bond acceptors (Lipinski definition) is 6. The van der Waals surface area contributed by atoms with Crippen LogP contribution in [0.4, 0.5) is 17.1 Å². The van der Waals surface area contributed by atoms with Crippen LogP contribution in [-0.4, -0.2) is 19.3 Å². The lowest BCUT2D eigenvalue weighted by Crippen LogP contribution is -2.09. The number of anilines is 3. The molecule has 5 rings (SSSR count). The lowest BCUT2D eigenvalue weighted by Gasteiger charge is -2.26. The standard InChI is InChI=1S/C31H25NO4S/c1-35-26-13-9-24(10-14-26)32(25-11-15-27(36-2)16-12-25)23-7-3-21(4-8-23)30-19-20-31(37-30)22-5-17-28(33)29(34)18-6-22/h3-20H,1-2H3,(H,33,34). The Bertz CT molecular complexity index is 1510. The van der Waals surface area contributed by atoms with E-state index >= 15 is 0 Å². The highest BCUT2D eigenvalue weighted by Gasteiger charge is 2.14. The summed E-state index contributed by atoms with van der Waals surface area (Å²) in [6.07, 6.45) is 0. The van der Waals surface area contributed by atoms with Crippen molar-refractivity contribution in [1.82, 2.24) is 0 Å². The van der Waals surface area contributed by atoms with Gasteiger partial charge in [-0.3, -0.25) is 4.79 Å². The van der Waals surface area contributed by atoms with Crippen molar-refractivity contribution in [3.8, 4) is 38.1 Å². The molecule has 0 amide bonds. The number of ether oxygens (including phenoxy) is 2. The van der Waals surface area contributed by atoms with E-state index in [4.69, 9.17) is 9.47 Å². The number of hydrogen-bond donors (Lipinski definition) is 1. The Morgan fingerprint density at radius 3 is 1.43 bits per heavy atom. The molecule has 0 radical (unpaired) electrons. The molecule has 0 bridgehead atoms. The van der Waals surface area contributed by atoms with Gasteiger partial charge in [-0.2, -0.15) is 0 Å². The van der Waals surface area contributed by atoms with Gasteiger partial charge in [-0.05, 0) is 108 Å². The summed E-state index contributed by atoms with van der Waals surface area (Å²) in [5.74, 6) is 1.35. The average Bonchev–Trinajstić information content (AvgIpc) is 3.37. The van der Waals surface area contributed by atoms with Gasteiger partial charge in [0.1, 0.15) is 11.5 Å². The third-order valence-electron chi connectivity index (χ3n) is 6.05. The lowest BCUT2D eigenvalue weighted by molar-refractivity contribution is 0.415. The van der Waals surface area contributed by atoms with Crippen molar-refractivity contribution in [2.45, 2.75) is 0 Å². The van der Waals surface area contributed by atoms with Crippen molar-refractivity contribution in [2.75, 3.05) is 19.1 Å². The molecule has 5 nitrogen and oxygen atoms in total. The maximum Gasteiger partial charge on any atom is 0.220 e. The van der Waals surface area contributed by atoms with Gasteiger partial charge in [-0.15, -0.1) is 11.3 Å². The fourth-order valence-electron chi connectivity index (χ4n) is 4.05. The minimum Gasteiger partial charge on any atom is -0.504 e. The van der Waals surface area contributed by atoms with Crippen LogP contribution in [0.3, 0.4) is 0 Å². The molecule has 184 valence electrons. The molecule has 0 unspecified atom stereocenters. The molecule has 4 aromatic carbocycles. The summed E-state index contributed by atoms with van der Waals surface area (Å²) < 4.78 is 10.7. The van der Waals surface area contributed by atoms with E-state index in [1.807, 2.05) is 54.6 Å². The Labute approximate surface area is 219 Å². The Kier molecular flexibility index (Phi) is 6.92. The van der Waals surface area contributed by atoms with Crippen LogP contribution < -0.4 is 19.8 Å². The molecule has 0 saturated heterocycles. The predicted molar refractivity (Wildman–Crippen MR) is 151 cm³/mol. The molecule has 0 spiro atoms. The highest BCUT2D eigenvalue weighted by atomic mass is 32.1. The Balaban J connectivity index is 1.48. The highest BCUT2D eigenvalue weighted by Crippen LogP contribution is 2.39. The molecule has 0 atom stereocenters. The predicted octanol–water partition coefficient (Wildman–Crippen LogP) is 7.63. The van der Waals surface area contributed by atoms with Gasteiger partial charge in [0, 0.05) is 26.8 Å². The zero-order valence-electron chi connectivity index (χ0n) is 20.4. The number of benzene rings is 3. The number of nitrogens with zero attached hydrogens (tertiary/aromatic N) is 1. The number of aromatic hydroxyl groups is 1. The van der Waals surface area contributed by atoms with E-state index in [2.05, 4.69) is 35.2 Å². The zero-order chi connectivity index (χ0) is 25.8. The molecule has 6 heteroatoms. The summed E-state index contributed by atoms with van der Waals surface area (Å²) in [7, 11) is 3.32. The summed E-state index contributed by atoms with van der Waals surface area (Å²) in [6.45, 7) is 0. The summed E-state index contributed by atoms with van der Waals surface area (Å²) in [6, 6.07) is 34.8. The van der Waals surface area contributed by atoms with E-state index in [9.17, 15) is 9.90 Å². The smallest absolute Gasteiger partial charge is 0.220 e. The van der Waals surface area contributed by atoms with Gasteiger partial charge in [0.25, 0.3) is 0 Å². The average molecular weight is 508 g/mol. The fraction of sp³-hybridized carbons (Fsp3) is 0.0645. The second kappa shape index (κ2) is 10.6. The first-order chi connectivity index (χ1) is 18.1. The van der Waals surface area contributed by atoms with E-state index in [1.165, 1.54) is 12.1 Å². The molecule has 0 saturated carbocycles. The topological polar surface area (TPSA) is 59.0 Å². The zero-order valence-corrected chi connectivity index (χ0v) is 21.2. The molecule has 1 aromatic heterocycles. The Morgan fingerprint density at radius 2 is 0.973 bits per heavy atom. The maximum atomic E-state index is 11.7. The summed E-state index contributed by atoms with van der Waals surface area (Å²) >= 11 is 1.64. The van der Waals surface area contributed by atoms with Crippen molar-refractivity contribution in [3.63, 3.8) is 0 Å². The molecular formula is C31H25NO4S. The summed E-state index contributed by atoms with van der Waals surface area (Å²) in [5, 5.41) is 9.70. The molecule has 0 aliphatic rings. The number of thiophene rings is 1. The fourth-order valence-corrected chi connectivity index (χ4v) is 5.07. The van der Waals surface area contributed by atoms with Crippen LogP contribution in [0.25, 0.3) is 20.9 Å². The maximum absolute atomic E-state index is 11.7. The third-order valence-corrected chi connectivity index (χ3v) is 7.23. The van der Waals surface area contributed by atoms with Crippen LogP contribution in [0, 0.1) is 0 Å². The second-order valence-electron chi connectivity index (χ2n) is 8.31. The van der Waals surface area contributed by atoms with Crippen LogP contribution in [-0.2, 0) is 0 Å². The van der Waals surface area contributed by atoms with Gasteiger partial charge in [0.05, 0.1) is 14.2 Å². The minimum atomic E-state index is -0.392. The summed E-state index contributed by atoms with van der Waals surface area (Å²) in [5.41, 5.74) is 4.62. The van der Waals surface area contributed by atoms with Gasteiger partial charge in [-0.25, -0.2) is 0 Å². The van der Waals surface area contributed by atoms with E-state index in [-0.39, 0.29) is 5.75 Å². The molecule has 1 heterocycles. The van der Waals surface area contributed by atoms with Crippen molar-refractivity contribution < 1.29 is 14.6 Å². The van der Waals surface area contributed by atoms with Gasteiger partial charge in [-0.1, -0.05) is 12.1 Å². The molecule has 1 N–H and O–H groups in total. The van der Waals surface area contributed by atoms with Crippen molar-refractivity contribution in [1.29, 1.82) is 0 Å². The third kappa shape index (κ3) is 5.20. The second-order valence-corrected chi connectivity index (χ2v) is 9.40. The van der Waals surface area contributed by atoms with Crippen molar-refractivity contribution >= 4 is 28.4 Å². The molecule has 0 aliphatic heterocycles. The monoisotopic (exact) mass is 507 g/mol. The molecular weight excluding hydrogens is 482 g/mol. The molecule has 37 heavy (non-hydrogen) atoms. The summed E-state index contributed by atoms with van der Waals surface area (Å²) in [4.78, 5) is 16.0. The first-order valence-electron chi connectivity index (χ1n) is 11.7. The largest absolute Gasteiger partial charge is 0.504 e. The molecule has 5 aromatic rings. The van der Waals surface area contributed by atoms with E-state index in [0.29, 0.717) is 0 Å². The van der Waals surface area contributed by atoms with Crippen molar-refractivity contribution in [2.24, 2.45) is 0 Å². The lowest BCUT2D eigenvalue weighted by atomic mass is 10.1. The SMILES string of the molecule is COc1ccc(N(c2ccc(OC)cc2)c2ccc(-c3ccc(-c4ccc(O)c(=O)cc4)s3)cc2)cc1. The Morgan fingerprint density at radius 1 is 0.568 bits per heavy atom. The van der Waals surface area contributed by atoms with Crippen LogP contribution in [0.15, 0.2) is 114 Å². The van der Waals surface area contributed by atoms with E-state index in [0.717, 1.165) is 49.4 Å². The van der Waals surface area contributed by atoms with Gasteiger partial charge < -0.3 is 19.5 Å². The quantitative estimate of drug-likeness (QED) is 0.245.